The van der Waals surface area contributed by atoms with E-state index in [4.69, 9.17) is 4.74 Å². The van der Waals surface area contributed by atoms with Crippen LogP contribution in [0.2, 0.25) is 0 Å². The number of hydrogen-bond acceptors (Lipinski definition) is 7. The number of ether oxygens (including phenoxy) is 1. The molecule has 8 aromatic rings. The SMILES string of the molecule is C[N+]1=C=[N+](c2[c-]c([N+]3=C=[N+](C)C=C3)c([N+]3=C=[N+](C)C=C3)[c-]c2Oc2[c-]c([N+]3=C=[N+](C)C=C3)c([N+]3=C=[N+](C)C=C3)[c-]c2[N+]2=C=[N+](C)C=C2)C=C1.Fc1c[c-]c(-c2cccc(-c3[c-]cc(F)nc3F)n2)c(F)n1.Fc1c[c-]c(-c2cccc(-c3[c-]cc(F)nc3F)n2)c(F)n1.[Ir+3].[Pt+2].[Rh+3]. The first-order chi connectivity index (χ1) is 44.8. The van der Waals surface area contributed by atoms with E-state index >= 15 is 0 Å². The van der Waals surface area contributed by atoms with Crippen molar-refractivity contribution in [2.75, 3.05) is 42.3 Å². The fourth-order valence-corrected chi connectivity index (χ4v) is 9.00. The second-order valence-corrected chi connectivity index (χ2v) is 20.0. The van der Waals surface area contributed by atoms with Crippen LogP contribution in [-0.4, -0.2) is 163 Å². The van der Waals surface area contributed by atoms with E-state index in [1.165, 1.54) is 36.4 Å². The van der Waals surface area contributed by atoms with E-state index in [9.17, 15) is 35.1 Å². The van der Waals surface area contributed by atoms with E-state index in [0.717, 1.165) is 24.3 Å². The molecule has 30 heteroatoms. The second-order valence-electron chi connectivity index (χ2n) is 20.0. The summed E-state index contributed by atoms with van der Waals surface area (Å²) in [4.78, 5) is 20.2. The summed E-state index contributed by atoms with van der Waals surface area (Å²) in [6, 6.07) is 55.6. The Hall–Kier alpha value is -10.7. The first-order valence-corrected chi connectivity index (χ1v) is 27.2. The largest absolute Gasteiger partial charge is 3.00 e. The summed E-state index contributed by atoms with van der Waals surface area (Å²) < 4.78 is 135. The molecule has 14 rings (SSSR count). The Kier molecular flexibility index (Phi) is 21.5. The molecule has 0 aliphatic carbocycles. The monoisotopic (exact) mass is 1740 g/mol. The van der Waals surface area contributed by atoms with Crippen LogP contribution in [-0.2, 0) is 60.6 Å². The van der Waals surface area contributed by atoms with Crippen LogP contribution in [0.15, 0.2) is 135 Å². The molecule has 472 valence electrons. The van der Waals surface area contributed by atoms with E-state index in [0.29, 0.717) is 45.6 Å². The Balaban J connectivity index is 0.000000191. The summed E-state index contributed by atoms with van der Waals surface area (Å²) in [6.45, 7) is 0. The van der Waals surface area contributed by atoms with Crippen molar-refractivity contribution < 1.29 is 155 Å². The molecule has 19 nitrogen and oxygen atoms in total. The van der Waals surface area contributed by atoms with Gasteiger partial charge in [-0.1, -0.05) is 110 Å². The molecule has 12 heterocycles. The molecular formula is C66H40F8IrN18OPtRh+12. The van der Waals surface area contributed by atoms with E-state index in [-0.39, 0.29) is 106 Å². The number of halogens is 8. The van der Waals surface area contributed by atoms with E-state index in [2.05, 4.69) is 114 Å². The average molecular weight is 1740 g/mol. The van der Waals surface area contributed by atoms with Gasteiger partial charge >= 0.3 is 96.7 Å². The number of hydrogen-bond donors (Lipinski definition) is 0. The van der Waals surface area contributed by atoms with Crippen LogP contribution in [0.5, 0.6) is 11.5 Å². The zero-order valence-electron chi connectivity index (χ0n) is 50.2. The van der Waals surface area contributed by atoms with Gasteiger partial charge in [-0.25, -0.2) is 35.1 Å². The van der Waals surface area contributed by atoms with Gasteiger partial charge in [0.2, 0.25) is 74.4 Å². The van der Waals surface area contributed by atoms with Gasteiger partial charge in [-0.3, -0.25) is 19.9 Å². The summed E-state index contributed by atoms with van der Waals surface area (Å²) >= 11 is 0. The zero-order valence-corrected chi connectivity index (χ0v) is 56.5. The van der Waals surface area contributed by atoms with Crippen molar-refractivity contribution in [2.45, 2.75) is 0 Å². The van der Waals surface area contributed by atoms with Crippen molar-refractivity contribution in [1.29, 1.82) is 0 Å². The molecule has 0 saturated carbocycles. The predicted molar refractivity (Wildman–Crippen MR) is 306 cm³/mol. The summed E-state index contributed by atoms with van der Waals surface area (Å²) in [7, 11) is 11.5. The van der Waals surface area contributed by atoms with E-state index in [1.54, 1.807) is 0 Å². The second kappa shape index (κ2) is 29.7. The Morgan fingerprint density at radius 2 is 0.542 bits per heavy atom. The molecule has 0 spiro atoms. The maximum absolute atomic E-state index is 13.6. The molecule has 0 amide bonds. The molecule has 0 atom stereocenters. The number of nitrogens with zero attached hydrogens (tertiary/aromatic N) is 18. The summed E-state index contributed by atoms with van der Waals surface area (Å²) in [5.74, 6) is -7.68. The van der Waals surface area contributed by atoms with Gasteiger partial charge in [0.15, 0.2) is 42.3 Å². The van der Waals surface area contributed by atoms with Crippen LogP contribution in [0, 0.1) is 96.1 Å². The fourth-order valence-electron chi connectivity index (χ4n) is 9.00. The van der Waals surface area contributed by atoms with Gasteiger partial charge in [-0.15, -0.1) is 51.7 Å². The molecule has 0 unspecified atom stereocenters. The Morgan fingerprint density at radius 1 is 0.323 bits per heavy atom. The van der Waals surface area contributed by atoms with Gasteiger partial charge in [-0.05, 0) is 34.3 Å². The zero-order chi connectivity index (χ0) is 65.2. The molecule has 0 fully saturated rings. The minimum atomic E-state index is -1.09. The Morgan fingerprint density at radius 3 is 0.750 bits per heavy atom. The molecule has 0 saturated heterocycles. The first-order valence-electron chi connectivity index (χ1n) is 27.2. The van der Waals surface area contributed by atoms with Crippen molar-refractivity contribution in [3.63, 3.8) is 0 Å². The topological polar surface area (TPSA) is 123 Å². The quantitative estimate of drug-likeness (QED) is 0.0394. The molecular weight excluding hydrogens is 1700 g/mol. The standard InChI is InChI=1S/C36H30N12O.2C15H5F4N3.Ir.Pt.Rh/c1-37-7-13-43(23-37)29-19-33(47-17-11-41(5)27-47)35(21-31(29)45-15-9-39(3)25-45)49-36-22-32(46-16-10-40(4)26-46)30(44-14-8-38(2)24-44)20-34(36)48-18-12-42(6)28-48;2*16-12-6-4-8(14(18)21-12)10-2-1-3-11(20-10)9-5-7-13(17)22-15(9)19;;;/h7-18H,1-6H3;2*1-3,6-7H;;;/q+8;2*-2;+3;+2;+3. The van der Waals surface area contributed by atoms with Crippen molar-refractivity contribution in [2.24, 2.45) is 0 Å². The molecule has 6 aromatic heterocycles. The Labute approximate surface area is 581 Å². The number of rotatable bonds is 12. The third kappa shape index (κ3) is 15.4. The molecule has 6 aliphatic heterocycles. The van der Waals surface area contributed by atoms with Gasteiger partial charge in [0.05, 0.1) is 34.1 Å². The number of aromatic nitrogens is 6. The van der Waals surface area contributed by atoms with Gasteiger partial charge in [0.25, 0.3) is 0 Å². The van der Waals surface area contributed by atoms with Gasteiger partial charge in [0, 0.05) is 0 Å². The van der Waals surface area contributed by atoms with Gasteiger partial charge in [-0.2, -0.15) is 24.3 Å². The fraction of sp³-hybridized carbons (Fsp3) is 0.0909. The maximum Gasteiger partial charge on any atom is 3.00 e. The van der Waals surface area contributed by atoms with Crippen molar-refractivity contribution >= 4 is 70.2 Å². The van der Waals surface area contributed by atoms with Crippen molar-refractivity contribution in [3.8, 4) is 56.5 Å². The minimum Gasteiger partial charge on any atom is -0.611 e. The Bertz CT molecular complexity index is 4840. The molecule has 2 aromatic carbocycles. The third-order valence-electron chi connectivity index (χ3n) is 13.2. The summed E-state index contributed by atoms with van der Waals surface area (Å²) in [5, 5.41) is 0. The van der Waals surface area contributed by atoms with Crippen LogP contribution in [0.4, 0.5) is 69.2 Å². The predicted octanol–water partition coefficient (Wildman–Crippen LogP) is 9.07. The molecule has 6 aliphatic rings. The van der Waals surface area contributed by atoms with E-state index < -0.39 is 47.6 Å². The average Bonchev–Trinajstić information content (AvgIpc) is 1.76. The molecule has 96 heavy (non-hydrogen) atoms. The number of benzene rings is 2. The molecule has 0 N–H and O–H groups in total. The van der Waals surface area contributed by atoms with Crippen molar-refractivity contribution in [1.82, 2.24) is 29.9 Å². The van der Waals surface area contributed by atoms with E-state index in [1.807, 2.05) is 172 Å². The van der Waals surface area contributed by atoms with Crippen LogP contribution < -0.4 is 4.74 Å². The smallest absolute Gasteiger partial charge is 0.611 e. The van der Waals surface area contributed by atoms with Crippen LogP contribution in [0.1, 0.15) is 0 Å². The molecule has 0 radical (unpaired) electrons. The first kappa shape index (κ1) is 69.6. The molecule has 0 bridgehead atoms. The summed E-state index contributed by atoms with van der Waals surface area (Å²) in [6.07, 6.45) is 22.8. The van der Waals surface area contributed by atoms with Gasteiger partial charge in [0.1, 0.15) is 47.6 Å². The normalized spacial score (nSPS) is 14.0. The summed E-state index contributed by atoms with van der Waals surface area (Å²) in [5.41, 5.74) is 3.39. The minimum absolute atomic E-state index is 0. The maximum atomic E-state index is 13.6. The van der Waals surface area contributed by atoms with Crippen LogP contribution in [0.3, 0.4) is 0 Å². The number of pyridine rings is 6. The van der Waals surface area contributed by atoms with Crippen LogP contribution in [0.25, 0.3) is 45.0 Å². The van der Waals surface area contributed by atoms with Crippen molar-refractivity contribution in [3.05, 3.63) is 231 Å². The van der Waals surface area contributed by atoms with Gasteiger partial charge < -0.3 is 14.7 Å². The van der Waals surface area contributed by atoms with Crippen LogP contribution >= 0.6 is 0 Å². The third-order valence-corrected chi connectivity index (χ3v) is 13.2.